The van der Waals surface area contributed by atoms with Gasteiger partial charge in [0.2, 0.25) is 0 Å². The lowest BCUT2D eigenvalue weighted by molar-refractivity contribution is -0.150. The van der Waals surface area contributed by atoms with Crippen LogP contribution in [0.2, 0.25) is 0 Å². The fourth-order valence-corrected chi connectivity index (χ4v) is 2.12. The Kier molecular flexibility index (Phi) is 3.24. The maximum Gasteiger partial charge on any atom is 0.335 e. The summed E-state index contributed by atoms with van der Waals surface area (Å²) in [6, 6.07) is 0. The predicted molar refractivity (Wildman–Crippen MR) is 57.0 cm³/mol. The minimum atomic E-state index is -1.11. The van der Waals surface area contributed by atoms with Crippen LogP contribution in [0, 0.1) is 0 Å². The molecule has 0 radical (unpaired) electrons. The SMILES string of the molecule is COC(=O)C(O)Cc1n[nH]c2c1CCCC2. The molecule has 1 atom stereocenters. The number of methoxy groups -OCH3 is 1. The topological polar surface area (TPSA) is 75.2 Å². The number of hydrogen-bond donors (Lipinski definition) is 2. The van der Waals surface area contributed by atoms with Gasteiger partial charge < -0.3 is 9.84 Å². The number of hydrogen-bond acceptors (Lipinski definition) is 4. The number of esters is 1. The minimum Gasteiger partial charge on any atom is -0.467 e. The third kappa shape index (κ3) is 2.09. The van der Waals surface area contributed by atoms with Crippen LogP contribution in [0.1, 0.15) is 29.8 Å². The van der Waals surface area contributed by atoms with Gasteiger partial charge in [0.05, 0.1) is 12.8 Å². The van der Waals surface area contributed by atoms with Crippen LogP contribution in [0.5, 0.6) is 0 Å². The molecule has 2 N–H and O–H groups in total. The van der Waals surface area contributed by atoms with Crippen molar-refractivity contribution in [2.45, 2.75) is 38.2 Å². The van der Waals surface area contributed by atoms with Crippen molar-refractivity contribution in [3.05, 3.63) is 17.0 Å². The molecule has 88 valence electrons. The molecule has 5 nitrogen and oxygen atoms in total. The molecule has 16 heavy (non-hydrogen) atoms. The molecule has 0 spiro atoms. The van der Waals surface area contributed by atoms with E-state index in [4.69, 9.17) is 0 Å². The zero-order chi connectivity index (χ0) is 11.5. The van der Waals surface area contributed by atoms with Crippen LogP contribution in [0.15, 0.2) is 0 Å². The predicted octanol–water partition coefficient (Wildman–Crippen LogP) is 0.365. The van der Waals surface area contributed by atoms with E-state index in [-0.39, 0.29) is 6.42 Å². The van der Waals surface area contributed by atoms with Crippen molar-refractivity contribution in [1.29, 1.82) is 0 Å². The molecule has 0 fully saturated rings. The molecule has 1 aromatic heterocycles. The molecule has 0 saturated carbocycles. The average Bonchev–Trinajstić information content (AvgIpc) is 2.72. The molecule has 1 aromatic rings. The highest BCUT2D eigenvalue weighted by Crippen LogP contribution is 2.22. The van der Waals surface area contributed by atoms with E-state index in [9.17, 15) is 9.90 Å². The molecule has 2 rings (SSSR count). The number of carbonyl (C=O) groups is 1. The van der Waals surface area contributed by atoms with Gasteiger partial charge in [-0.05, 0) is 31.2 Å². The highest BCUT2D eigenvalue weighted by molar-refractivity contribution is 5.74. The van der Waals surface area contributed by atoms with E-state index in [2.05, 4.69) is 14.9 Å². The van der Waals surface area contributed by atoms with Crippen LogP contribution in [-0.4, -0.2) is 34.5 Å². The number of aliphatic hydroxyl groups excluding tert-OH is 1. The van der Waals surface area contributed by atoms with Gasteiger partial charge in [-0.1, -0.05) is 0 Å². The summed E-state index contributed by atoms with van der Waals surface area (Å²) >= 11 is 0. The van der Waals surface area contributed by atoms with Gasteiger partial charge in [0, 0.05) is 12.1 Å². The molecule has 1 unspecified atom stereocenters. The first-order valence-corrected chi connectivity index (χ1v) is 5.53. The van der Waals surface area contributed by atoms with Crippen LogP contribution in [0.4, 0.5) is 0 Å². The fraction of sp³-hybridized carbons (Fsp3) is 0.636. The summed E-state index contributed by atoms with van der Waals surface area (Å²) in [5.74, 6) is -0.604. The first-order chi connectivity index (χ1) is 7.72. The highest BCUT2D eigenvalue weighted by atomic mass is 16.5. The highest BCUT2D eigenvalue weighted by Gasteiger charge is 2.22. The molecule has 0 saturated heterocycles. The summed E-state index contributed by atoms with van der Waals surface area (Å²) < 4.78 is 4.48. The normalized spacial score (nSPS) is 16.6. The number of aromatic amines is 1. The molecule has 0 aliphatic heterocycles. The van der Waals surface area contributed by atoms with Crippen LogP contribution in [-0.2, 0) is 28.8 Å². The maximum atomic E-state index is 11.1. The quantitative estimate of drug-likeness (QED) is 0.727. The van der Waals surface area contributed by atoms with Crippen molar-refractivity contribution < 1.29 is 14.6 Å². The Morgan fingerprint density at radius 1 is 1.56 bits per heavy atom. The second-order valence-corrected chi connectivity index (χ2v) is 4.08. The summed E-state index contributed by atoms with van der Waals surface area (Å²) in [6.45, 7) is 0. The van der Waals surface area contributed by atoms with Gasteiger partial charge in [-0.3, -0.25) is 5.10 Å². The van der Waals surface area contributed by atoms with Crippen molar-refractivity contribution in [2.24, 2.45) is 0 Å². The molecule has 0 bridgehead atoms. The van der Waals surface area contributed by atoms with Crippen molar-refractivity contribution in [3.63, 3.8) is 0 Å². The van der Waals surface area contributed by atoms with Crippen LogP contribution in [0.3, 0.4) is 0 Å². The molecular formula is C11H16N2O3. The summed E-state index contributed by atoms with van der Waals surface area (Å²) in [5, 5.41) is 16.7. The third-order valence-electron chi connectivity index (χ3n) is 3.00. The largest absolute Gasteiger partial charge is 0.467 e. The fourth-order valence-electron chi connectivity index (χ4n) is 2.12. The Balaban J connectivity index is 2.10. The van der Waals surface area contributed by atoms with Gasteiger partial charge in [0.15, 0.2) is 6.10 Å². The number of carbonyl (C=O) groups excluding carboxylic acids is 1. The van der Waals surface area contributed by atoms with Crippen LogP contribution in [0.25, 0.3) is 0 Å². The van der Waals surface area contributed by atoms with Crippen LogP contribution < -0.4 is 0 Å². The van der Waals surface area contributed by atoms with Crippen molar-refractivity contribution in [2.75, 3.05) is 7.11 Å². The number of fused-ring (bicyclic) bond motifs is 1. The lowest BCUT2D eigenvalue weighted by atomic mass is 9.94. The van der Waals surface area contributed by atoms with Gasteiger partial charge in [0.25, 0.3) is 0 Å². The van der Waals surface area contributed by atoms with E-state index in [1.807, 2.05) is 0 Å². The summed E-state index contributed by atoms with van der Waals surface area (Å²) in [6.07, 6.45) is 3.44. The molecule has 0 aromatic carbocycles. The molecule has 1 heterocycles. The van der Waals surface area contributed by atoms with Gasteiger partial charge in [0.1, 0.15) is 0 Å². The number of aliphatic hydroxyl groups is 1. The second kappa shape index (κ2) is 4.65. The zero-order valence-corrected chi connectivity index (χ0v) is 9.32. The Hall–Kier alpha value is -1.36. The molecule has 1 aliphatic carbocycles. The Labute approximate surface area is 93.8 Å². The zero-order valence-electron chi connectivity index (χ0n) is 9.32. The first-order valence-electron chi connectivity index (χ1n) is 5.53. The van der Waals surface area contributed by atoms with Gasteiger partial charge in [-0.15, -0.1) is 0 Å². The van der Waals surface area contributed by atoms with Crippen molar-refractivity contribution in [3.8, 4) is 0 Å². The minimum absolute atomic E-state index is 0.235. The Bertz CT molecular complexity index is 387. The molecule has 1 aliphatic rings. The first kappa shape index (κ1) is 11.1. The van der Waals surface area contributed by atoms with Crippen molar-refractivity contribution >= 4 is 5.97 Å². The number of rotatable bonds is 3. The number of nitrogens with one attached hydrogen (secondary N) is 1. The number of aryl methyl sites for hydroxylation is 1. The van der Waals surface area contributed by atoms with E-state index in [0.717, 1.165) is 30.7 Å². The standard InChI is InChI=1S/C11H16N2O3/c1-16-11(15)10(14)6-9-7-4-2-3-5-8(7)12-13-9/h10,14H,2-6H2,1H3,(H,12,13). The monoisotopic (exact) mass is 224 g/mol. The van der Waals surface area contributed by atoms with E-state index < -0.39 is 12.1 Å². The van der Waals surface area contributed by atoms with Crippen LogP contribution >= 0.6 is 0 Å². The van der Waals surface area contributed by atoms with E-state index in [0.29, 0.717) is 0 Å². The van der Waals surface area contributed by atoms with Crippen molar-refractivity contribution in [1.82, 2.24) is 10.2 Å². The van der Waals surface area contributed by atoms with Gasteiger partial charge in [-0.2, -0.15) is 5.10 Å². The van der Waals surface area contributed by atoms with Gasteiger partial charge >= 0.3 is 5.97 Å². The summed E-state index contributed by atoms with van der Waals surface area (Å²) in [7, 11) is 1.27. The number of H-pyrrole nitrogens is 1. The lowest BCUT2D eigenvalue weighted by Crippen LogP contribution is -2.24. The summed E-state index contributed by atoms with van der Waals surface area (Å²) in [5.41, 5.74) is 3.13. The second-order valence-electron chi connectivity index (χ2n) is 4.08. The number of ether oxygens (including phenoxy) is 1. The summed E-state index contributed by atoms with van der Waals surface area (Å²) in [4.78, 5) is 11.1. The average molecular weight is 224 g/mol. The smallest absolute Gasteiger partial charge is 0.335 e. The lowest BCUT2D eigenvalue weighted by Gasteiger charge is -2.12. The molecular weight excluding hydrogens is 208 g/mol. The van der Waals surface area contributed by atoms with E-state index in [1.165, 1.54) is 19.1 Å². The maximum absolute atomic E-state index is 11.1. The number of nitrogens with zero attached hydrogens (tertiary/aromatic N) is 1. The Morgan fingerprint density at radius 2 is 2.31 bits per heavy atom. The van der Waals surface area contributed by atoms with E-state index in [1.54, 1.807) is 0 Å². The third-order valence-corrected chi connectivity index (χ3v) is 3.00. The molecule has 5 heteroatoms. The number of aromatic nitrogens is 2. The Morgan fingerprint density at radius 3 is 3.06 bits per heavy atom. The molecule has 0 amide bonds. The van der Waals surface area contributed by atoms with E-state index >= 15 is 0 Å². The van der Waals surface area contributed by atoms with Gasteiger partial charge in [-0.25, -0.2) is 4.79 Å².